The molecule has 2 aromatic heterocycles. The van der Waals surface area contributed by atoms with E-state index in [1.807, 2.05) is 24.5 Å². The van der Waals surface area contributed by atoms with Gasteiger partial charge < -0.3 is 9.84 Å². The van der Waals surface area contributed by atoms with Gasteiger partial charge in [0.05, 0.1) is 18.8 Å². The highest BCUT2D eigenvalue weighted by Crippen LogP contribution is 2.15. The van der Waals surface area contributed by atoms with Gasteiger partial charge in [-0.05, 0) is 30.5 Å². The first kappa shape index (κ1) is 16.1. The van der Waals surface area contributed by atoms with Crippen LogP contribution in [0.15, 0.2) is 43.0 Å². The maximum Gasteiger partial charge on any atom is 0.0862 e. The zero-order valence-corrected chi connectivity index (χ0v) is 13.3. The molecule has 2 aromatic rings. The number of pyridine rings is 1. The van der Waals surface area contributed by atoms with E-state index in [0.717, 1.165) is 38.1 Å². The van der Waals surface area contributed by atoms with Crippen molar-refractivity contribution in [3.05, 3.63) is 48.5 Å². The number of ether oxygens (including phenoxy) is 1. The van der Waals surface area contributed by atoms with Gasteiger partial charge in [-0.3, -0.25) is 14.6 Å². The lowest BCUT2D eigenvalue weighted by Gasteiger charge is -2.27. The van der Waals surface area contributed by atoms with Crippen LogP contribution in [-0.4, -0.2) is 56.7 Å². The lowest BCUT2D eigenvalue weighted by atomic mass is 10.2. The highest BCUT2D eigenvalue weighted by Gasteiger charge is 2.21. The van der Waals surface area contributed by atoms with Gasteiger partial charge in [0, 0.05) is 51.0 Å². The lowest BCUT2D eigenvalue weighted by molar-refractivity contribution is 0.0409. The number of hydrogen-bond donors (Lipinski definition) is 1. The monoisotopic (exact) mass is 316 g/mol. The Bertz CT molecular complexity index is 555. The summed E-state index contributed by atoms with van der Waals surface area (Å²) in [5.41, 5.74) is 1.15. The summed E-state index contributed by atoms with van der Waals surface area (Å²) in [5.74, 6) is 0. The van der Waals surface area contributed by atoms with Crippen LogP contribution in [0.3, 0.4) is 0 Å². The van der Waals surface area contributed by atoms with E-state index in [1.54, 1.807) is 17.1 Å². The first-order valence-corrected chi connectivity index (χ1v) is 8.18. The summed E-state index contributed by atoms with van der Waals surface area (Å²) in [5, 5.41) is 14.5. The number of aliphatic hydroxyl groups is 1. The van der Waals surface area contributed by atoms with Crippen LogP contribution in [0.25, 0.3) is 0 Å². The smallest absolute Gasteiger partial charge is 0.0862 e. The predicted octanol–water partition coefficient (Wildman–Crippen LogP) is 1.32. The lowest BCUT2D eigenvalue weighted by Crippen LogP contribution is -2.39. The number of rotatable bonds is 8. The Labute approximate surface area is 136 Å². The highest BCUT2D eigenvalue weighted by molar-refractivity contribution is 5.08. The fourth-order valence-corrected chi connectivity index (χ4v) is 3.01. The molecule has 1 saturated heterocycles. The fourth-order valence-electron chi connectivity index (χ4n) is 3.01. The third-order valence-corrected chi connectivity index (χ3v) is 4.04. The number of aromatic nitrogens is 3. The van der Waals surface area contributed by atoms with Crippen molar-refractivity contribution in [3.63, 3.8) is 0 Å². The maximum atomic E-state index is 10.4. The van der Waals surface area contributed by atoms with Gasteiger partial charge in [0.25, 0.3) is 0 Å². The van der Waals surface area contributed by atoms with E-state index in [0.29, 0.717) is 13.1 Å². The first-order chi connectivity index (χ1) is 11.3. The van der Waals surface area contributed by atoms with Crippen molar-refractivity contribution >= 4 is 0 Å². The second-order valence-corrected chi connectivity index (χ2v) is 6.07. The van der Waals surface area contributed by atoms with Gasteiger partial charge in [0.2, 0.25) is 0 Å². The van der Waals surface area contributed by atoms with E-state index in [4.69, 9.17) is 4.74 Å². The second-order valence-electron chi connectivity index (χ2n) is 6.07. The van der Waals surface area contributed by atoms with E-state index in [1.165, 1.54) is 0 Å². The molecule has 23 heavy (non-hydrogen) atoms. The van der Waals surface area contributed by atoms with Gasteiger partial charge in [0.15, 0.2) is 0 Å². The van der Waals surface area contributed by atoms with Crippen LogP contribution in [0.5, 0.6) is 0 Å². The molecule has 0 bridgehead atoms. The molecule has 1 aliphatic rings. The summed E-state index contributed by atoms with van der Waals surface area (Å²) in [6, 6.07) is 5.88. The second kappa shape index (κ2) is 8.19. The van der Waals surface area contributed by atoms with E-state index >= 15 is 0 Å². The average molecular weight is 316 g/mol. The van der Waals surface area contributed by atoms with Crippen LogP contribution >= 0.6 is 0 Å². The summed E-state index contributed by atoms with van der Waals surface area (Å²) in [6.45, 7) is 3.55. The number of aliphatic hydroxyl groups excluding tert-OH is 1. The molecule has 3 rings (SSSR count). The third-order valence-electron chi connectivity index (χ3n) is 4.04. The van der Waals surface area contributed by atoms with Crippen molar-refractivity contribution in [1.29, 1.82) is 0 Å². The molecule has 0 radical (unpaired) electrons. The summed E-state index contributed by atoms with van der Waals surface area (Å²) >= 11 is 0. The largest absolute Gasteiger partial charge is 0.390 e. The Kier molecular flexibility index (Phi) is 5.74. The molecule has 6 heteroatoms. The number of hydrogen-bond acceptors (Lipinski definition) is 5. The van der Waals surface area contributed by atoms with Crippen molar-refractivity contribution in [2.75, 3.05) is 19.7 Å². The van der Waals surface area contributed by atoms with Gasteiger partial charge in [-0.2, -0.15) is 5.10 Å². The van der Waals surface area contributed by atoms with E-state index in [2.05, 4.69) is 21.0 Å². The summed E-state index contributed by atoms with van der Waals surface area (Å²) in [6.07, 6.45) is 9.28. The molecule has 6 nitrogen and oxygen atoms in total. The Morgan fingerprint density at radius 3 is 3.04 bits per heavy atom. The SMILES string of the molecule is O[C@H](CN(Cc1cccnc1)C[C@@H]1CCCO1)Cn1cccn1. The summed E-state index contributed by atoms with van der Waals surface area (Å²) in [7, 11) is 0. The molecule has 0 aliphatic carbocycles. The summed E-state index contributed by atoms with van der Waals surface area (Å²) in [4.78, 5) is 6.43. The minimum Gasteiger partial charge on any atom is -0.390 e. The van der Waals surface area contributed by atoms with Gasteiger partial charge >= 0.3 is 0 Å². The molecule has 124 valence electrons. The van der Waals surface area contributed by atoms with E-state index < -0.39 is 6.10 Å². The van der Waals surface area contributed by atoms with Crippen LogP contribution in [0, 0.1) is 0 Å². The van der Waals surface area contributed by atoms with Crippen molar-refractivity contribution in [2.45, 2.75) is 38.1 Å². The molecular weight excluding hydrogens is 292 g/mol. The average Bonchev–Trinajstić information content (AvgIpc) is 3.22. The topological polar surface area (TPSA) is 63.4 Å². The minimum atomic E-state index is -0.465. The Balaban J connectivity index is 1.59. The molecule has 1 fully saturated rings. The van der Waals surface area contributed by atoms with Gasteiger partial charge in [-0.25, -0.2) is 0 Å². The minimum absolute atomic E-state index is 0.267. The molecule has 0 aromatic carbocycles. The van der Waals surface area contributed by atoms with Crippen LogP contribution in [0.4, 0.5) is 0 Å². The predicted molar refractivity (Wildman–Crippen MR) is 86.7 cm³/mol. The van der Waals surface area contributed by atoms with Crippen molar-refractivity contribution < 1.29 is 9.84 Å². The molecule has 2 atom stereocenters. The normalized spacial score (nSPS) is 19.3. The van der Waals surface area contributed by atoms with E-state index in [-0.39, 0.29) is 6.10 Å². The molecule has 0 amide bonds. The quantitative estimate of drug-likeness (QED) is 0.796. The standard InChI is InChI=1S/C17H24N4O2/c22-16(13-21-8-3-7-19-21)12-20(14-17-5-2-9-23-17)11-15-4-1-6-18-10-15/h1,3-4,6-8,10,16-17,22H,2,5,9,11-14H2/t16-,17+/m1/s1. The van der Waals surface area contributed by atoms with Gasteiger partial charge in [0.1, 0.15) is 0 Å². The maximum absolute atomic E-state index is 10.4. The van der Waals surface area contributed by atoms with Crippen molar-refractivity contribution in [1.82, 2.24) is 19.7 Å². The molecule has 1 N–H and O–H groups in total. The molecule has 0 unspecified atom stereocenters. The van der Waals surface area contributed by atoms with Crippen molar-refractivity contribution in [2.24, 2.45) is 0 Å². The number of nitrogens with zero attached hydrogens (tertiary/aromatic N) is 4. The Morgan fingerprint density at radius 2 is 2.35 bits per heavy atom. The van der Waals surface area contributed by atoms with Crippen LogP contribution < -0.4 is 0 Å². The molecule has 0 spiro atoms. The third kappa shape index (κ3) is 5.13. The van der Waals surface area contributed by atoms with Crippen LogP contribution in [-0.2, 0) is 17.8 Å². The molecular formula is C17H24N4O2. The highest BCUT2D eigenvalue weighted by atomic mass is 16.5. The zero-order chi connectivity index (χ0) is 15.9. The molecule has 3 heterocycles. The Morgan fingerprint density at radius 1 is 1.39 bits per heavy atom. The van der Waals surface area contributed by atoms with E-state index in [9.17, 15) is 5.11 Å². The van der Waals surface area contributed by atoms with Gasteiger partial charge in [-0.15, -0.1) is 0 Å². The summed E-state index contributed by atoms with van der Waals surface area (Å²) < 4.78 is 7.51. The fraction of sp³-hybridized carbons (Fsp3) is 0.529. The first-order valence-electron chi connectivity index (χ1n) is 8.18. The molecule has 1 aliphatic heterocycles. The van der Waals surface area contributed by atoms with Gasteiger partial charge in [-0.1, -0.05) is 6.07 Å². The van der Waals surface area contributed by atoms with Crippen molar-refractivity contribution in [3.8, 4) is 0 Å². The van der Waals surface area contributed by atoms with Crippen LogP contribution in [0.2, 0.25) is 0 Å². The zero-order valence-electron chi connectivity index (χ0n) is 13.3. The molecule has 0 saturated carbocycles. The van der Waals surface area contributed by atoms with Crippen LogP contribution in [0.1, 0.15) is 18.4 Å². The Hall–Kier alpha value is -1.76.